The maximum atomic E-state index is 13.4. The molecular weight excluding hydrogens is 452 g/mol. The van der Waals surface area contributed by atoms with E-state index in [-0.39, 0.29) is 23.8 Å². The van der Waals surface area contributed by atoms with Gasteiger partial charge in [-0.1, -0.05) is 20.8 Å². The first-order chi connectivity index (χ1) is 15.2. The Labute approximate surface area is 208 Å². The number of carbonyl (C=O) groups is 2. The standard InChI is InChI=1S/C25H50N2O6Si/c1-19(30-18-26(11)21(28)31-24(5,6)7)20(27-15-13-14-16-27)33-34(12,17-23(2,3)4)22(29)32-25(8,9)10/h19-20H,13-18H2,1-12H3. The number of hydrogen-bond donors (Lipinski definition) is 0. The summed E-state index contributed by atoms with van der Waals surface area (Å²) in [6.07, 6.45) is 0.945. The van der Waals surface area contributed by atoms with Crippen LogP contribution in [0.25, 0.3) is 0 Å². The first-order valence-electron chi connectivity index (χ1n) is 12.4. The first kappa shape index (κ1) is 30.9. The normalized spacial score (nSPS) is 19.3. The fourth-order valence-corrected chi connectivity index (χ4v) is 7.74. The summed E-state index contributed by atoms with van der Waals surface area (Å²) in [5.74, 6) is 0. The van der Waals surface area contributed by atoms with Gasteiger partial charge in [-0.15, -0.1) is 0 Å². The number of amides is 1. The van der Waals surface area contributed by atoms with E-state index in [9.17, 15) is 9.59 Å². The van der Waals surface area contributed by atoms with Gasteiger partial charge in [0.2, 0.25) is 0 Å². The second-order valence-electron chi connectivity index (χ2n) is 12.9. The Bertz CT molecular complexity index is 676. The van der Waals surface area contributed by atoms with Gasteiger partial charge in [0, 0.05) is 20.1 Å². The van der Waals surface area contributed by atoms with Gasteiger partial charge in [-0.2, -0.15) is 0 Å². The summed E-state index contributed by atoms with van der Waals surface area (Å²) in [5, 5.41) is 0. The minimum atomic E-state index is -2.99. The number of ether oxygens (including phenoxy) is 3. The van der Waals surface area contributed by atoms with Crippen molar-refractivity contribution in [2.45, 2.75) is 118 Å². The Hall–Kier alpha value is -1.16. The van der Waals surface area contributed by atoms with Crippen LogP contribution in [0.3, 0.4) is 0 Å². The molecule has 0 saturated carbocycles. The molecule has 0 aromatic carbocycles. The van der Waals surface area contributed by atoms with E-state index in [1.165, 1.54) is 4.90 Å². The van der Waals surface area contributed by atoms with Crippen LogP contribution in [0.2, 0.25) is 12.6 Å². The van der Waals surface area contributed by atoms with Gasteiger partial charge in [0.1, 0.15) is 24.2 Å². The largest absolute Gasteiger partial charge is 0.462 e. The number of rotatable bonds is 9. The molecule has 1 amide bonds. The summed E-state index contributed by atoms with van der Waals surface area (Å²) in [6.45, 7) is 23.2. The van der Waals surface area contributed by atoms with Crippen LogP contribution in [-0.4, -0.2) is 80.2 Å². The fourth-order valence-electron chi connectivity index (χ4n) is 3.99. The summed E-state index contributed by atoms with van der Waals surface area (Å²) in [6, 6.07) is 0.629. The summed E-state index contributed by atoms with van der Waals surface area (Å²) in [4.78, 5) is 29.4. The molecule has 3 atom stereocenters. The maximum absolute atomic E-state index is 13.4. The summed E-state index contributed by atoms with van der Waals surface area (Å²) in [5.41, 5.74) is -1.51. The van der Waals surface area contributed by atoms with Crippen LogP contribution in [0.4, 0.5) is 9.59 Å². The minimum Gasteiger partial charge on any atom is -0.462 e. The summed E-state index contributed by atoms with van der Waals surface area (Å²) >= 11 is 0. The van der Waals surface area contributed by atoms with Crippen LogP contribution in [0.5, 0.6) is 0 Å². The number of hydrogen-bond acceptors (Lipinski definition) is 7. The molecule has 3 unspecified atom stereocenters. The third-order valence-corrected chi connectivity index (χ3v) is 8.68. The van der Waals surface area contributed by atoms with Crippen molar-refractivity contribution in [3.05, 3.63) is 0 Å². The van der Waals surface area contributed by atoms with Gasteiger partial charge in [-0.3, -0.25) is 14.6 Å². The fraction of sp³-hybridized carbons (Fsp3) is 0.920. The van der Waals surface area contributed by atoms with Crippen molar-refractivity contribution in [1.82, 2.24) is 9.80 Å². The third kappa shape index (κ3) is 11.1. The molecule has 8 nitrogen and oxygen atoms in total. The third-order valence-electron chi connectivity index (χ3n) is 5.22. The summed E-state index contributed by atoms with van der Waals surface area (Å²) < 4.78 is 24.1. The highest BCUT2D eigenvalue weighted by Gasteiger charge is 2.49. The van der Waals surface area contributed by atoms with Gasteiger partial charge in [0.25, 0.3) is 0 Å². The highest BCUT2D eigenvalue weighted by molar-refractivity contribution is 6.99. The van der Waals surface area contributed by atoms with Gasteiger partial charge < -0.3 is 18.6 Å². The van der Waals surface area contributed by atoms with E-state index < -0.39 is 31.8 Å². The number of nitrogens with zero attached hydrogens (tertiary/aromatic N) is 2. The zero-order chi connectivity index (χ0) is 26.5. The zero-order valence-corrected chi connectivity index (χ0v) is 24.7. The lowest BCUT2D eigenvalue weighted by atomic mass is 10.0. The molecule has 0 radical (unpaired) electrons. The Kier molecular flexibility index (Phi) is 10.6. The lowest BCUT2D eigenvalue weighted by Crippen LogP contribution is -2.57. The Balaban J connectivity index is 3.06. The smallest absolute Gasteiger partial charge is 0.411 e. The van der Waals surface area contributed by atoms with Crippen molar-refractivity contribution in [1.29, 1.82) is 0 Å². The average Bonchev–Trinajstić information content (AvgIpc) is 3.14. The van der Waals surface area contributed by atoms with E-state index in [2.05, 4.69) is 25.7 Å². The van der Waals surface area contributed by atoms with Gasteiger partial charge in [-0.05, 0) is 79.3 Å². The number of likely N-dealkylation sites (tertiary alicyclic amines) is 1. The topological polar surface area (TPSA) is 77.5 Å². The zero-order valence-electron chi connectivity index (χ0n) is 23.7. The van der Waals surface area contributed by atoms with E-state index in [0.29, 0.717) is 6.04 Å². The second kappa shape index (κ2) is 11.7. The quantitative estimate of drug-likeness (QED) is 0.291. The predicted molar refractivity (Wildman–Crippen MR) is 137 cm³/mol. The second-order valence-corrected chi connectivity index (χ2v) is 16.4. The molecule has 1 heterocycles. The Morgan fingerprint density at radius 3 is 1.88 bits per heavy atom. The van der Waals surface area contributed by atoms with Crippen LogP contribution < -0.4 is 0 Å². The molecule has 1 fully saturated rings. The van der Waals surface area contributed by atoms with Crippen molar-refractivity contribution in [3.8, 4) is 0 Å². The van der Waals surface area contributed by atoms with E-state index in [1.807, 2.05) is 55.0 Å². The molecule has 0 aromatic rings. The lowest BCUT2D eigenvalue weighted by molar-refractivity contribution is -0.109. The van der Waals surface area contributed by atoms with E-state index in [4.69, 9.17) is 18.6 Å². The Morgan fingerprint density at radius 1 is 0.941 bits per heavy atom. The summed E-state index contributed by atoms with van der Waals surface area (Å²) in [7, 11) is -1.34. The van der Waals surface area contributed by atoms with Gasteiger partial charge in [-0.25, -0.2) is 4.79 Å². The van der Waals surface area contributed by atoms with Crippen LogP contribution in [0.1, 0.15) is 82.1 Å². The molecule has 1 rings (SSSR count). The minimum absolute atomic E-state index is 0.0633. The van der Waals surface area contributed by atoms with Crippen LogP contribution in [0, 0.1) is 5.41 Å². The van der Waals surface area contributed by atoms with Crippen LogP contribution >= 0.6 is 0 Å². The molecule has 200 valence electrons. The molecule has 34 heavy (non-hydrogen) atoms. The van der Waals surface area contributed by atoms with Gasteiger partial charge in [0.15, 0.2) is 0 Å². The first-order valence-corrected chi connectivity index (χ1v) is 15.0. The molecule has 1 aliphatic rings. The van der Waals surface area contributed by atoms with E-state index in [1.54, 1.807) is 7.05 Å². The van der Waals surface area contributed by atoms with Crippen molar-refractivity contribution in [2.24, 2.45) is 5.41 Å². The van der Waals surface area contributed by atoms with E-state index >= 15 is 0 Å². The van der Waals surface area contributed by atoms with Crippen molar-refractivity contribution in [3.63, 3.8) is 0 Å². The van der Waals surface area contributed by atoms with Crippen LogP contribution in [0.15, 0.2) is 0 Å². The van der Waals surface area contributed by atoms with Gasteiger partial charge >= 0.3 is 20.0 Å². The molecule has 0 aromatic heterocycles. The molecule has 0 spiro atoms. The highest BCUT2D eigenvalue weighted by atomic mass is 28.4. The average molecular weight is 503 g/mol. The van der Waals surface area contributed by atoms with Crippen molar-refractivity contribution in [2.75, 3.05) is 26.9 Å². The molecule has 0 bridgehead atoms. The highest BCUT2D eigenvalue weighted by Crippen LogP contribution is 2.33. The SMILES string of the molecule is CC(OCN(C)C(=O)OC(C)(C)C)C(O[Si](C)(CC(C)(C)C)C(=O)OC(C)(C)C)N1CCCC1. The monoisotopic (exact) mass is 502 g/mol. The maximum Gasteiger partial charge on any atom is 0.411 e. The predicted octanol–water partition coefficient (Wildman–Crippen LogP) is 5.79. The molecule has 0 N–H and O–H groups in total. The van der Waals surface area contributed by atoms with Crippen molar-refractivity contribution >= 4 is 20.0 Å². The molecule has 1 saturated heterocycles. The molecule has 0 aliphatic carbocycles. The van der Waals surface area contributed by atoms with Crippen LogP contribution in [-0.2, 0) is 18.6 Å². The van der Waals surface area contributed by atoms with Crippen molar-refractivity contribution < 1.29 is 28.2 Å². The van der Waals surface area contributed by atoms with E-state index in [0.717, 1.165) is 25.9 Å². The van der Waals surface area contributed by atoms with Gasteiger partial charge in [0.05, 0.1) is 6.10 Å². The number of carbonyl (C=O) groups excluding carboxylic acids is 2. The Morgan fingerprint density at radius 2 is 1.44 bits per heavy atom. The lowest BCUT2D eigenvalue weighted by Gasteiger charge is -2.41. The molecule has 1 aliphatic heterocycles. The molecule has 9 heteroatoms. The molecular formula is C25H50N2O6Si.